The molecule has 1 aromatic rings. The van der Waals surface area contributed by atoms with Crippen LogP contribution in [-0.4, -0.2) is 40.7 Å². The largest absolute Gasteiger partial charge is 0.497 e. The van der Waals surface area contributed by atoms with Gasteiger partial charge in [-0.05, 0) is 31.2 Å². The van der Waals surface area contributed by atoms with Gasteiger partial charge in [-0.25, -0.2) is 0 Å². The number of methoxy groups -OCH3 is 2. The van der Waals surface area contributed by atoms with Crippen molar-refractivity contribution in [3.05, 3.63) is 23.8 Å². The molecule has 1 unspecified atom stereocenters. The van der Waals surface area contributed by atoms with Gasteiger partial charge in [0.25, 0.3) is 0 Å². The number of halogens is 3. The third kappa shape index (κ3) is 6.22. The van der Waals surface area contributed by atoms with Crippen molar-refractivity contribution in [2.24, 2.45) is 0 Å². The summed E-state index contributed by atoms with van der Waals surface area (Å²) in [5, 5.41) is 3.05. The first-order valence-electron chi connectivity index (χ1n) is 6.44. The van der Waals surface area contributed by atoms with Crippen molar-refractivity contribution >= 4 is 0 Å². The molecule has 0 fully saturated rings. The van der Waals surface area contributed by atoms with E-state index in [4.69, 9.17) is 9.47 Å². The molecule has 7 heteroatoms. The van der Waals surface area contributed by atoms with Gasteiger partial charge < -0.3 is 19.5 Å². The summed E-state index contributed by atoms with van der Waals surface area (Å²) in [5.41, 5.74) is 0.865. The van der Waals surface area contributed by atoms with Gasteiger partial charge in [0.2, 0.25) is 0 Å². The van der Waals surface area contributed by atoms with Crippen LogP contribution < -0.4 is 14.8 Å². The monoisotopic (exact) mass is 307 g/mol. The molecule has 0 aliphatic rings. The number of ether oxygens (including phenoxy) is 3. The van der Waals surface area contributed by atoms with E-state index < -0.39 is 12.8 Å². The van der Waals surface area contributed by atoms with Crippen LogP contribution in [0.2, 0.25) is 0 Å². The van der Waals surface area contributed by atoms with E-state index in [1.54, 1.807) is 27.3 Å². The Labute approximate surface area is 122 Å². The van der Waals surface area contributed by atoms with Crippen molar-refractivity contribution in [3.8, 4) is 11.5 Å². The van der Waals surface area contributed by atoms with Crippen molar-refractivity contribution in [2.75, 3.05) is 34.5 Å². The minimum Gasteiger partial charge on any atom is -0.497 e. The zero-order valence-corrected chi connectivity index (χ0v) is 12.3. The Balaban J connectivity index is 2.67. The number of nitrogens with one attached hydrogen (secondary N) is 1. The van der Waals surface area contributed by atoms with Crippen LogP contribution in [0, 0.1) is 0 Å². The maximum atomic E-state index is 12.0. The average Bonchev–Trinajstić information content (AvgIpc) is 2.45. The third-order valence-corrected chi connectivity index (χ3v) is 2.94. The second-order valence-electron chi connectivity index (χ2n) is 4.44. The second-order valence-corrected chi connectivity index (χ2v) is 4.44. The molecule has 0 spiro atoms. The maximum Gasteiger partial charge on any atom is 0.411 e. The van der Waals surface area contributed by atoms with Crippen LogP contribution in [0.15, 0.2) is 18.2 Å². The summed E-state index contributed by atoms with van der Waals surface area (Å²) in [6.45, 7) is -1.23. The highest BCUT2D eigenvalue weighted by molar-refractivity contribution is 5.39. The fraction of sp³-hybridized carbons (Fsp3) is 0.571. The van der Waals surface area contributed by atoms with Crippen molar-refractivity contribution < 1.29 is 27.4 Å². The Bertz CT molecular complexity index is 416. The highest BCUT2D eigenvalue weighted by Crippen LogP contribution is 2.28. The van der Waals surface area contributed by atoms with Gasteiger partial charge in [-0.3, -0.25) is 0 Å². The number of alkyl halides is 3. The van der Waals surface area contributed by atoms with Crippen molar-refractivity contribution in [2.45, 2.75) is 18.6 Å². The first-order chi connectivity index (χ1) is 9.89. The molecule has 0 aromatic heterocycles. The molecule has 0 radical (unpaired) electrons. The normalized spacial score (nSPS) is 13.0. The van der Waals surface area contributed by atoms with Crippen LogP contribution in [0.25, 0.3) is 0 Å². The number of benzene rings is 1. The number of hydrogen-bond donors (Lipinski definition) is 1. The van der Waals surface area contributed by atoms with Crippen molar-refractivity contribution in [1.82, 2.24) is 5.32 Å². The third-order valence-electron chi connectivity index (χ3n) is 2.94. The van der Waals surface area contributed by atoms with E-state index in [0.29, 0.717) is 17.9 Å². The highest BCUT2D eigenvalue weighted by Gasteiger charge is 2.27. The quantitative estimate of drug-likeness (QED) is 0.750. The number of rotatable bonds is 8. The molecule has 0 saturated heterocycles. The standard InChI is InChI=1S/C14H20F3NO3/c1-18-13(4-5-21-9-14(15,16)17)10-6-11(19-2)8-12(7-10)20-3/h6-8,13,18H,4-5,9H2,1-3H3. The Morgan fingerprint density at radius 3 is 2.10 bits per heavy atom. The Kier molecular flexibility index (Phi) is 6.77. The van der Waals surface area contributed by atoms with E-state index in [1.165, 1.54) is 0 Å². The predicted molar refractivity (Wildman–Crippen MR) is 72.8 cm³/mol. The van der Waals surface area contributed by atoms with Crippen molar-refractivity contribution in [3.63, 3.8) is 0 Å². The van der Waals surface area contributed by atoms with Gasteiger partial charge in [0.05, 0.1) is 14.2 Å². The fourth-order valence-electron chi connectivity index (χ4n) is 1.90. The van der Waals surface area contributed by atoms with Gasteiger partial charge in [0.15, 0.2) is 0 Å². The van der Waals surface area contributed by atoms with E-state index >= 15 is 0 Å². The van der Waals surface area contributed by atoms with Crippen LogP contribution >= 0.6 is 0 Å². The molecule has 0 aliphatic heterocycles. The molecule has 0 aliphatic carbocycles. The van der Waals surface area contributed by atoms with Crippen molar-refractivity contribution in [1.29, 1.82) is 0 Å². The first-order valence-corrected chi connectivity index (χ1v) is 6.44. The molecular formula is C14H20F3NO3. The molecule has 4 nitrogen and oxygen atoms in total. The first kappa shape index (κ1) is 17.6. The molecule has 1 rings (SSSR count). The summed E-state index contributed by atoms with van der Waals surface area (Å²) in [4.78, 5) is 0. The SMILES string of the molecule is CNC(CCOCC(F)(F)F)c1cc(OC)cc(OC)c1. The van der Waals surface area contributed by atoms with Crippen LogP contribution in [0.1, 0.15) is 18.0 Å². The van der Waals surface area contributed by atoms with Gasteiger partial charge in [0, 0.05) is 18.7 Å². The van der Waals surface area contributed by atoms with Crippen LogP contribution in [0.4, 0.5) is 13.2 Å². The molecule has 0 saturated carbocycles. The second kappa shape index (κ2) is 8.09. The van der Waals surface area contributed by atoms with E-state index in [-0.39, 0.29) is 12.6 Å². The topological polar surface area (TPSA) is 39.7 Å². The summed E-state index contributed by atoms with van der Waals surface area (Å²) in [6.07, 6.45) is -3.89. The predicted octanol–water partition coefficient (Wildman–Crippen LogP) is 2.93. The van der Waals surface area contributed by atoms with E-state index in [0.717, 1.165) is 5.56 Å². The molecule has 0 amide bonds. The van der Waals surface area contributed by atoms with Gasteiger partial charge in [0.1, 0.15) is 18.1 Å². The Morgan fingerprint density at radius 2 is 1.67 bits per heavy atom. The lowest BCUT2D eigenvalue weighted by Crippen LogP contribution is -2.21. The molecule has 1 atom stereocenters. The Morgan fingerprint density at radius 1 is 1.10 bits per heavy atom. The summed E-state index contributed by atoms with van der Waals surface area (Å²) in [7, 11) is 4.82. The van der Waals surface area contributed by atoms with E-state index in [9.17, 15) is 13.2 Å². The molecule has 1 N–H and O–H groups in total. The Hall–Kier alpha value is -1.47. The summed E-state index contributed by atoms with van der Waals surface area (Å²) in [5.74, 6) is 1.25. The lowest BCUT2D eigenvalue weighted by atomic mass is 10.0. The lowest BCUT2D eigenvalue weighted by Gasteiger charge is -2.18. The van der Waals surface area contributed by atoms with Crippen LogP contribution in [0.3, 0.4) is 0 Å². The van der Waals surface area contributed by atoms with Gasteiger partial charge >= 0.3 is 6.18 Å². The molecule has 1 aromatic carbocycles. The molecular weight excluding hydrogens is 287 g/mol. The van der Waals surface area contributed by atoms with Crippen LogP contribution in [0.5, 0.6) is 11.5 Å². The minimum atomic E-state index is -4.30. The van der Waals surface area contributed by atoms with E-state index in [2.05, 4.69) is 10.1 Å². The van der Waals surface area contributed by atoms with Gasteiger partial charge in [-0.1, -0.05) is 0 Å². The molecule has 0 heterocycles. The number of hydrogen-bond acceptors (Lipinski definition) is 4. The zero-order valence-electron chi connectivity index (χ0n) is 12.3. The molecule has 21 heavy (non-hydrogen) atoms. The lowest BCUT2D eigenvalue weighted by molar-refractivity contribution is -0.174. The summed E-state index contributed by atoms with van der Waals surface area (Å²) < 4.78 is 51.0. The van der Waals surface area contributed by atoms with Gasteiger partial charge in [-0.2, -0.15) is 13.2 Å². The van der Waals surface area contributed by atoms with Crippen LogP contribution in [-0.2, 0) is 4.74 Å². The minimum absolute atomic E-state index is 0.00451. The maximum absolute atomic E-state index is 12.0. The summed E-state index contributed by atoms with van der Waals surface area (Å²) >= 11 is 0. The molecule has 0 bridgehead atoms. The van der Waals surface area contributed by atoms with E-state index in [1.807, 2.05) is 12.1 Å². The zero-order chi connectivity index (χ0) is 15.9. The smallest absolute Gasteiger partial charge is 0.411 e. The fourth-order valence-corrected chi connectivity index (χ4v) is 1.90. The summed E-state index contributed by atoms with van der Waals surface area (Å²) in [6, 6.07) is 5.21. The molecule has 120 valence electrons. The average molecular weight is 307 g/mol. The highest BCUT2D eigenvalue weighted by atomic mass is 19.4. The van der Waals surface area contributed by atoms with Gasteiger partial charge in [-0.15, -0.1) is 0 Å².